The molecule has 0 radical (unpaired) electrons. The molecule has 0 amide bonds. The van der Waals surface area contributed by atoms with Crippen molar-refractivity contribution in [2.45, 2.75) is 39.7 Å². The van der Waals surface area contributed by atoms with Gasteiger partial charge in [-0.3, -0.25) is 0 Å². The first-order chi connectivity index (χ1) is 8.50. The van der Waals surface area contributed by atoms with Crippen LogP contribution >= 0.6 is 0 Å². The molecule has 1 aromatic rings. The van der Waals surface area contributed by atoms with Crippen LogP contribution in [0.1, 0.15) is 32.8 Å². The van der Waals surface area contributed by atoms with E-state index in [4.69, 9.17) is 4.74 Å². The van der Waals surface area contributed by atoms with Gasteiger partial charge >= 0.3 is 0 Å². The molecule has 3 heteroatoms. The molecule has 100 valence electrons. The van der Waals surface area contributed by atoms with Crippen molar-refractivity contribution in [1.82, 2.24) is 5.32 Å². The normalized spacial score (nSPS) is 18.6. The van der Waals surface area contributed by atoms with Crippen LogP contribution in [0.3, 0.4) is 0 Å². The van der Waals surface area contributed by atoms with Gasteiger partial charge in [0.25, 0.3) is 0 Å². The van der Waals surface area contributed by atoms with Crippen molar-refractivity contribution < 1.29 is 9.13 Å². The third-order valence-corrected chi connectivity index (χ3v) is 3.70. The number of rotatable bonds is 5. The lowest BCUT2D eigenvalue weighted by atomic mass is 9.90. The summed E-state index contributed by atoms with van der Waals surface area (Å²) in [4.78, 5) is 0. The zero-order valence-electron chi connectivity index (χ0n) is 11.4. The molecule has 1 N–H and O–H groups in total. The molecule has 1 aliphatic rings. The summed E-state index contributed by atoms with van der Waals surface area (Å²) in [6.07, 6.45) is 2.08. The fourth-order valence-corrected chi connectivity index (χ4v) is 2.10. The van der Waals surface area contributed by atoms with Crippen LogP contribution in [0.4, 0.5) is 4.39 Å². The number of ether oxygens (including phenoxy) is 1. The highest BCUT2D eigenvalue weighted by atomic mass is 19.1. The van der Waals surface area contributed by atoms with Crippen LogP contribution in [-0.4, -0.2) is 19.2 Å². The fourth-order valence-electron chi connectivity index (χ4n) is 2.10. The molecule has 2 rings (SSSR count). The van der Waals surface area contributed by atoms with Crippen molar-refractivity contribution in [3.05, 3.63) is 29.6 Å². The van der Waals surface area contributed by atoms with Crippen LogP contribution in [0.5, 0.6) is 5.75 Å². The Morgan fingerprint density at radius 1 is 1.44 bits per heavy atom. The largest absolute Gasteiger partial charge is 0.488 e. The number of hydrogen-bond acceptors (Lipinski definition) is 2. The van der Waals surface area contributed by atoms with E-state index in [-0.39, 0.29) is 11.9 Å². The standard InChI is InChI=1S/C15H22FNO/c1-4-15(2,3)10-17-9-13-8-11-7-12(16)5-6-14(11)18-13/h5-7,13,17H,4,8-10H2,1-3H3. The van der Waals surface area contributed by atoms with E-state index < -0.39 is 0 Å². The average Bonchev–Trinajstić information content (AvgIpc) is 2.70. The zero-order valence-corrected chi connectivity index (χ0v) is 11.4. The summed E-state index contributed by atoms with van der Waals surface area (Å²) in [6, 6.07) is 4.75. The van der Waals surface area contributed by atoms with Gasteiger partial charge < -0.3 is 10.1 Å². The molecule has 1 atom stereocenters. The molecule has 18 heavy (non-hydrogen) atoms. The Balaban J connectivity index is 1.81. The molecule has 0 fully saturated rings. The summed E-state index contributed by atoms with van der Waals surface area (Å²) in [5, 5.41) is 3.45. The van der Waals surface area contributed by atoms with E-state index in [0.29, 0.717) is 5.41 Å². The molecular formula is C15H22FNO. The first kappa shape index (κ1) is 13.3. The SMILES string of the molecule is CCC(C)(C)CNCC1Cc2cc(F)ccc2O1. The van der Waals surface area contributed by atoms with E-state index in [1.54, 1.807) is 12.1 Å². The predicted molar refractivity (Wildman–Crippen MR) is 71.5 cm³/mol. The number of benzene rings is 1. The van der Waals surface area contributed by atoms with Crippen molar-refractivity contribution in [2.75, 3.05) is 13.1 Å². The molecule has 0 aliphatic carbocycles. The minimum absolute atomic E-state index is 0.134. The van der Waals surface area contributed by atoms with E-state index in [0.717, 1.165) is 37.2 Å². The molecule has 0 spiro atoms. The number of fused-ring (bicyclic) bond motifs is 1. The quantitative estimate of drug-likeness (QED) is 0.868. The second-order valence-electron chi connectivity index (χ2n) is 5.84. The number of nitrogens with one attached hydrogen (secondary N) is 1. The molecular weight excluding hydrogens is 229 g/mol. The van der Waals surface area contributed by atoms with E-state index in [9.17, 15) is 4.39 Å². The number of hydrogen-bond donors (Lipinski definition) is 1. The smallest absolute Gasteiger partial charge is 0.123 e. The van der Waals surface area contributed by atoms with Gasteiger partial charge in [0.1, 0.15) is 17.7 Å². The Kier molecular flexibility index (Phi) is 3.91. The minimum atomic E-state index is -0.182. The Morgan fingerprint density at radius 2 is 2.22 bits per heavy atom. The summed E-state index contributed by atoms with van der Waals surface area (Å²) >= 11 is 0. The van der Waals surface area contributed by atoms with Gasteiger partial charge in [-0.15, -0.1) is 0 Å². The lowest BCUT2D eigenvalue weighted by Crippen LogP contribution is -2.36. The van der Waals surface area contributed by atoms with E-state index in [1.165, 1.54) is 6.07 Å². The van der Waals surface area contributed by atoms with Gasteiger partial charge in [0.2, 0.25) is 0 Å². The predicted octanol–water partition coefficient (Wildman–Crippen LogP) is 3.16. The van der Waals surface area contributed by atoms with Crippen LogP contribution in [-0.2, 0) is 6.42 Å². The Bertz CT molecular complexity index is 417. The Morgan fingerprint density at radius 3 is 2.94 bits per heavy atom. The van der Waals surface area contributed by atoms with Crippen LogP contribution < -0.4 is 10.1 Å². The van der Waals surface area contributed by atoms with Gasteiger partial charge in [-0.25, -0.2) is 4.39 Å². The maximum Gasteiger partial charge on any atom is 0.123 e. The van der Waals surface area contributed by atoms with Crippen LogP contribution in [0.25, 0.3) is 0 Å². The van der Waals surface area contributed by atoms with Gasteiger partial charge in [0, 0.05) is 25.1 Å². The molecule has 1 unspecified atom stereocenters. The number of halogens is 1. The molecule has 0 bridgehead atoms. The van der Waals surface area contributed by atoms with E-state index in [1.807, 2.05) is 0 Å². The Labute approximate surface area is 109 Å². The van der Waals surface area contributed by atoms with Gasteiger partial charge in [0.15, 0.2) is 0 Å². The van der Waals surface area contributed by atoms with Crippen molar-refractivity contribution in [1.29, 1.82) is 0 Å². The van der Waals surface area contributed by atoms with Crippen LogP contribution in [0.2, 0.25) is 0 Å². The molecule has 2 nitrogen and oxygen atoms in total. The molecule has 0 saturated carbocycles. The average molecular weight is 251 g/mol. The zero-order chi connectivity index (χ0) is 13.2. The molecule has 1 aromatic carbocycles. The second-order valence-corrected chi connectivity index (χ2v) is 5.84. The van der Waals surface area contributed by atoms with Crippen molar-refractivity contribution in [3.63, 3.8) is 0 Å². The highest BCUT2D eigenvalue weighted by Crippen LogP contribution is 2.29. The highest BCUT2D eigenvalue weighted by molar-refractivity contribution is 5.37. The topological polar surface area (TPSA) is 21.3 Å². The van der Waals surface area contributed by atoms with Crippen LogP contribution in [0.15, 0.2) is 18.2 Å². The summed E-state index contributed by atoms with van der Waals surface area (Å²) in [5.41, 5.74) is 1.30. The van der Waals surface area contributed by atoms with Gasteiger partial charge in [-0.2, -0.15) is 0 Å². The third kappa shape index (κ3) is 3.22. The van der Waals surface area contributed by atoms with Gasteiger partial charge in [-0.05, 0) is 30.0 Å². The second kappa shape index (κ2) is 5.27. The third-order valence-electron chi connectivity index (χ3n) is 3.70. The van der Waals surface area contributed by atoms with Crippen molar-refractivity contribution >= 4 is 0 Å². The monoisotopic (exact) mass is 251 g/mol. The van der Waals surface area contributed by atoms with E-state index in [2.05, 4.69) is 26.1 Å². The van der Waals surface area contributed by atoms with Gasteiger partial charge in [0.05, 0.1) is 0 Å². The summed E-state index contributed by atoms with van der Waals surface area (Å²) in [6.45, 7) is 8.50. The van der Waals surface area contributed by atoms with Crippen molar-refractivity contribution in [3.8, 4) is 5.75 Å². The fraction of sp³-hybridized carbons (Fsp3) is 0.600. The van der Waals surface area contributed by atoms with Crippen LogP contribution in [0, 0.1) is 11.2 Å². The molecule has 0 saturated heterocycles. The summed E-state index contributed by atoms with van der Waals surface area (Å²) in [7, 11) is 0. The first-order valence-electron chi connectivity index (χ1n) is 6.66. The maximum atomic E-state index is 13.1. The Hall–Kier alpha value is -1.09. The highest BCUT2D eigenvalue weighted by Gasteiger charge is 2.23. The minimum Gasteiger partial charge on any atom is -0.488 e. The molecule has 0 aromatic heterocycles. The molecule has 1 aliphatic heterocycles. The summed E-state index contributed by atoms with van der Waals surface area (Å²) < 4.78 is 18.9. The lowest BCUT2D eigenvalue weighted by Gasteiger charge is -2.24. The lowest BCUT2D eigenvalue weighted by molar-refractivity contribution is 0.216. The summed E-state index contributed by atoms with van der Waals surface area (Å²) in [5.74, 6) is 0.649. The molecule has 1 heterocycles. The van der Waals surface area contributed by atoms with E-state index >= 15 is 0 Å². The first-order valence-corrected chi connectivity index (χ1v) is 6.66. The maximum absolute atomic E-state index is 13.1. The van der Waals surface area contributed by atoms with Crippen molar-refractivity contribution in [2.24, 2.45) is 5.41 Å². The van der Waals surface area contributed by atoms with Gasteiger partial charge in [-0.1, -0.05) is 20.8 Å².